The van der Waals surface area contributed by atoms with E-state index in [2.05, 4.69) is 0 Å². The van der Waals surface area contributed by atoms with Gasteiger partial charge in [-0.2, -0.15) is 0 Å². The molecule has 1 heteroatoms. The van der Waals surface area contributed by atoms with Crippen molar-refractivity contribution in [3.05, 3.63) is 0 Å². The number of fused-ring (bicyclic) bond motifs is 5. The highest BCUT2D eigenvalue weighted by Crippen LogP contribution is 2.58. The molecule has 4 fully saturated rings. The zero-order valence-corrected chi connectivity index (χ0v) is 12.1. The van der Waals surface area contributed by atoms with Crippen LogP contribution in [0, 0.1) is 41.4 Å². The molecule has 0 spiro atoms. The molecule has 0 aromatic heterocycles. The molecule has 4 aliphatic rings. The Bertz CT molecular complexity index is 350. The molecule has 0 bridgehead atoms. The lowest BCUT2D eigenvalue weighted by Crippen LogP contribution is -2.46. The van der Waals surface area contributed by atoms with Gasteiger partial charge in [0.25, 0.3) is 0 Å². The van der Waals surface area contributed by atoms with Gasteiger partial charge in [-0.05, 0) is 80.5 Å². The van der Waals surface area contributed by atoms with Crippen molar-refractivity contribution in [1.29, 1.82) is 0 Å². The van der Waals surface area contributed by atoms with Crippen molar-refractivity contribution in [3.63, 3.8) is 0 Å². The molecule has 0 heterocycles. The fraction of sp³-hybridized carbons (Fsp3) is 0.944. The molecule has 19 heavy (non-hydrogen) atoms. The van der Waals surface area contributed by atoms with Gasteiger partial charge in [0.2, 0.25) is 0 Å². The van der Waals surface area contributed by atoms with Crippen LogP contribution in [0.15, 0.2) is 0 Å². The third-order valence-electron chi connectivity index (χ3n) is 7.42. The molecule has 0 amide bonds. The van der Waals surface area contributed by atoms with Crippen LogP contribution in [0.5, 0.6) is 0 Å². The van der Waals surface area contributed by atoms with E-state index >= 15 is 0 Å². The summed E-state index contributed by atoms with van der Waals surface area (Å²) < 4.78 is 0. The first kappa shape index (κ1) is 12.4. The summed E-state index contributed by atoms with van der Waals surface area (Å²) in [5.74, 6) is 6.32. The summed E-state index contributed by atoms with van der Waals surface area (Å²) in [4.78, 5) is 11.4. The third kappa shape index (κ3) is 1.91. The molecule has 0 aromatic rings. The van der Waals surface area contributed by atoms with Crippen molar-refractivity contribution in [2.24, 2.45) is 41.4 Å². The molecule has 1 nitrogen and oxygen atoms in total. The topological polar surface area (TPSA) is 17.1 Å². The van der Waals surface area contributed by atoms with E-state index in [4.69, 9.17) is 0 Å². The lowest BCUT2D eigenvalue weighted by atomic mass is 9.52. The predicted molar refractivity (Wildman–Crippen MR) is 76.7 cm³/mol. The van der Waals surface area contributed by atoms with Crippen LogP contribution >= 0.6 is 0 Å². The number of carbonyl (C=O) groups is 1. The first-order chi connectivity index (χ1) is 9.38. The largest absolute Gasteiger partial charge is 0.303 e. The summed E-state index contributed by atoms with van der Waals surface area (Å²) in [7, 11) is 0. The van der Waals surface area contributed by atoms with Crippen LogP contribution in [0.1, 0.15) is 64.2 Å². The quantitative estimate of drug-likeness (QED) is 0.636. The van der Waals surface area contributed by atoms with Crippen LogP contribution in [0.3, 0.4) is 0 Å². The lowest BCUT2D eigenvalue weighted by molar-refractivity contribution is -0.118. The van der Waals surface area contributed by atoms with Gasteiger partial charge in [0, 0.05) is 5.92 Å². The van der Waals surface area contributed by atoms with Crippen molar-refractivity contribution in [1.82, 2.24) is 0 Å². The average Bonchev–Trinajstić information content (AvgIpc) is 2.94. The fourth-order valence-electron chi connectivity index (χ4n) is 6.73. The van der Waals surface area contributed by atoms with Crippen LogP contribution in [-0.2, 0) is 4.79 Å². The standard InChI is InChI=1S/C18H28O/c19-11-13-4-2-6-16-15(13)9-10-17-14-5-1-3-12(14)7-8-18(16)17/h11-18H,1-10H2/t12-,13?,14+,15?,16+,17-,18-/m0/s1. The lowest BCUT2D eigenvalue weighted by Gasteiger charge is -2.53. The van der Waals surface area contributed by atoms with E-state index in [0.717, 1.165) is 35.5 Å². The predicted octanol–water partition coefficient (Wildman–Crippen LogP) is 4.45. The second kappa shape index (κ2) is 4.90. The minimum absolute atomic E-state index is 0.418. The van der Waals surface area contributed by atoms with Crippen LogP contribution in [-0.4, -0.2) is 6.29 Å². The van der Waals surface area contributed by atoms with E-state index in [1.54, 1.807) is 0 Å². The highest BCUT2D eigenvalue weighted by atomic mass is 16.1. The SMILES string of the molecule is O=CC1CCC[C@@H]2C1CC[C@H]1[C@@H]3CCC[C@H]3CC[C@H]12. The molecule has 106 valence electrons. The van der Waals surface area contributed by atoms with Crippen LogP contribution < -0.4 is 0 Å². The maximum atomic E-state index is 11.4. The molecule has 0 N–H and O–H groups in total. The van der Waals surface area contributed by atoms with Crippen LogP contribution in [0.25, 0.3) is 0 Å². The van der Waals surface area contributed by atoms with E-state index in [-0.39, 0.29) is 0 Å². The Morgan fingerprint density at radius 3 is 2.11 bits per heavy atom. The molecule has 0 radical (unpaired) electrons. The molecule has 2 unspecified atom stereocenters. The summed E-state index contributed by atoms with van der Waals surface area (Å²) in [6.07, 6.45) is 15.7. The second-order valence-corrected chi connectivity index (χ2v) is 7.90. The Kier molecular flexibility index (Phi) is 3.20. The van der Waals surface area contributed by atoms with E-state index in [1.165, 1.54) is 70.5 Å². The Morgan fingerprint density at radius 1 is 0.579 bits per heavy atom. The van der Waals surface area contributed by atoms with Gasteiger partial charge in [0.05, 0.1) is 0 Å². The third-order valence-corrected chi connectivity index (χ3v) is 7.42. The van der Waals surface area contributed by atoms with Gasteiger partial charge >= 0.3 is 0 Å². The Balaban J connectivity index is 1.56. The number of hydrogen-bond donors (Lipinski definition) is 0. The Labute approximate surface area is 117 Å². The summed E-state index contributed by atoms with van der Waals surface area (Å²) in [6.45, 7) is 0. The molecule has 4 aliphatic carbocycles. The zero-order chi connectivity index (χ0) is 12.8. The number of rotatable bonds is 1. The van der Waals surface area contributed by atoms with Gasteiger partial charge in [-0.15, -0.1) is 0 Å². The summed E-state index contributed by atoms with van der Waals surface area (Å²) in [6, 6.07) is 0. The van der Waals surface area contributed by atoms with Gasteiger partial charge < -0.3 is 4.79 Å². The van der Waals surface area contributed by atoms with E-state index < -0.39 is 0 Å². The van der Waals surface area contributed by atoms with Crippen molar-refractivity contribution in [2.75, 3.05) is 0 Å². The van der Waals surface area contributed by atoms with Crippen molar-refractivity contribution >= 4 is 6.29 Å². The van der Waals surface area contributed by atoms with Crippen LogP contribution in [0.2, 0.25) is 0 Å². The normalized spacial score (nSPS) is 52.9. The smallest absolute Gasteiger partial charge is 0.123 e. The second-order valence-electron chi connectivity index (χ2n) is 7.90. The van der Waals surface area contributed by atoms with Gasteiger partial charge in [-0.25, -0.2) is 0 Å². The van der Waals surface area contributed by atoms with Gasteiger partial charge in [-0.1, -0.05) is 19.3 Å². The van der Waals surface area contributed by atoms with E-state index in [9.17, 15) is 4.79 Å². The maximum Gasteiger partial charge on any atom is 0.123 e. The monoisotopic (exact) mass is 260 g/mol. The molecule has 4 saturated carbocycles. The molecule has 7 atom stereocenters. The number of hydrogen-bond acceptors (Lipinski definition) is 1. The van der Waals surface area contributed by atoms with Crippen LogP contribution in [0.4, 0.5) is 0 Å². The Morgan fingerprint density at radius 2 is 1.21 bits per heavy atom. The molecule has 4 rings (SSSR count). The number of carbonyl (C=O) groups excluding carboxylic acids is 1. The summed E-state index contributed by atoms with van der Waals surface area (Å²) >= 11 is 0. The molecular weight excluding hydrogens is 232 g/mol. The fourth-order valence-corrected chi connectivity index (χ4v) is 6.73. The van der Waals surface area contributed by atoms with Gasteiger partial charge in [0.1, 0.15) is 6.29 Å². The van der Waals surface area contributed by atoms with Gasteiger partial charge in [0.15, 0.2) is 0 Å². The number of aldehydes is 1. The van der Waals surface area contributed by atoms with E-state index in [0.29, 0.717) is 5.92 Å². The minimum Gasteiger partial charge on any atom is -0.303 e. The summed E-state index contributed by atoms with van der Waals surface area (Å²) in [5, 5.41) is 0. The molecular formula is C18H28O. The van der Waals surface area contributed by atoms with Crippen molar-refractivity contribution in [2.45, 2.75) is 64.2 Å². The Hall–Kier alpha value is -0.330. The average molecular weight is 260 g/mol. The molecule has 0 saturated heterocycles. The van der Waals surface area contributed by atoms with Crippen molar-refractivity contribution < 1.29 is 4.79 Å². The van der Waals surface area contributed by atoms with Gasteiger partial charge in [-0.3, -0.25) is 0 Å². The van der Waals surface area contributed by atoms with Crippen molar-refractivity contribution in [3.8, 4) is 0 Å². The van der Waals surface area contributed by atoms with E-state index in [1.807, 2.05) is 0 Å². The highest BCUT2D eigenvalue weighted by Gasteiger charge is 2.50. The zero-order valence-electron chi connectivity index (χ0n) is 12.1. The minimum atomic E-state index is 0.418. The first-order valence-corrected chi connectivity index (χ1v) is 8.84. The molecule has 0 aromatic carbocycles. The maximum absolute atomic E-state index is 11.4. The molecule has 0 aliphatic heterocycles. The highest BCUT2D eigenvalue weighted by molar-refractivity contribution is 5.54. The summed E-state index contributed by atoms with van der Waals surface area (Å²) in [5.41, 5.74) is 0. The first-order valence-electron chi connectivity index (χ1n) is 8.84.